The van der Waals surface area contributed by atoms with E-state index in [0.717, 1.165) is 27.6 Å². The number of aromatic nitrogens is 1. The van der Waals surface area contributed by atoms with E-state index in [0.29, 0.717) is 5.92 Å². The number of fused-ring (bicyclic) bond motifs is 1. The number of benzene rings is 2. The molecule has 0 aliphatic carbocycles. The SMILES string of the molecule is CCOC(=O)C1(C2=NC=CCC2=O)OC1c1cccc(-c2cc(C(C)C)cc3cccnc23)c1. The molecule has 172 valence electrons. The smallest absolute Gasteiger partial charge is 0.348 e. The lowest BCUT2D eigenvalue weighted by atomic mass is 9.88. The number of hydrogen-bond acceptors (Lipinski definition) is 6. The molecule has 0 saturated carbocycles. The first-order valence-corrected chi connectivity index (χ1v) is 11.6. The standard InChI is InChI=1S/C28H26N2O4/c1-4-33-27(32)28(25-23(31)11-7-13-30-25)26(34-28)20-9-5-8-18(14-20)22-16-21(17(2)3)15-19-10-6-12-29-24(19)22/h5-10,12-17,26H,4,11H2,1-3H3. The molecule has 2 aliphatic rings. The van der Waals surface area contributed by atoms with Crippen molar-refractivity contribution in [2.45, 2.75) is 44.8 Å². The van der Waals surface area contributed by atoms with Crippen molar-refractivity contribution in [3.63, 3.8) is 0 Å². The zero-order valence-electron chi connectivity index (χ0n) is 19.4. The third-order valence-corrected chi connectivity index (χ3v) is 6.32. The third kappa shape index (κ3) is 3.64. The van der Waals surface area contributed by atoms with Gasteiger partial charge >= 0.3 is 5.97 Å². The normalized spacial score (nSPS) is 21.6. The lowest BCUT2D eigenvalue weighted by molar-refractivity contribution is -0.147. The van der Waals surface area contributed by atoms with Crippen LogP contribution in [0, 0.1) is 0 Å². The van der Waals surface area contributed by atoms with Gasteiger partial charge in [0.1, 0.15) is 11.8 Å². The molecule has 1 aromatic heterocycles. The first kappa shape index (κ1) is 22.2. The molecule has 3 heterocycles. The van der Waals surface area contributed by atoms with E-state index in [2.05, 4.69) is 42.0 Å². The molecule has 6 nitrogen and oxygen atoms in total. The molecule has 2 aromatic carbocycles. The number of rotatable bonds is 6. The summed E-state index contributed by atoms with van der Waals surface area (Å²) in [5.41, 5.74) is 3.50. The maximum atomic E-state index is 13.0. The number of pyridine rings is 1. The summed E-state index contributed by atoms with van der Waals surface area (Å²) in [6, 6.07) is 16.2. The number of epoxide rings is 1. The molecule has 34 heavy (non-hydrogen) atoms. The quantitative estimate of drug-likeness (QED) is 0.372. The summed E-state index contributed by atoms with van der Waals surface area (Å²) in [5.74, 6) is -0.450. The van der Waals surface area contributed by atoms with E-state index in [4.69, 9.17) is 9.47 Å². The van der Waals surface area contributed by atoms with Crippen molar-refractivity contribution in [2.75, 3.05) is 6.61 Å². The molecule has 0 amide bonds. The van der Waals surface area contributed by atoms with Gasteiger partial charge in [-0.1, -0.05) is 44.2 Å². The van der Waals surface area contributed by atoms with Gasteiger partial charge in [0.15, 0.2) is 5.78 Å². The van der Waals surface area contributed by atoms with Crippen LogP contribution in [0.15, 0.2) is 72.0 Å². The average Bonchev–Trinajstić information content (AvgIpc) is 3.61. The average molecular weight is 455 g/mol. The molecule has 2 unspecified atom stereocenters. The van der Waals surface area contributed by atoms with Crippen molar-refractivity contribution in [3.05, 3.63) is 78.1 Å². The Balaban J connectivity index is 1.60. The lowest BCUT2D eigenvalue weighted by Crippen LogP contribution is -2.41. The first-order chi connectivity index (χ1) is 16.5. The minimum atomic E-state index is -1.50. The molecule has 0 bridgehead atoms. The van der Waals surface area contributed by atoms with Crippen LogP contribution in [0.25, 0.3) is 22.0 Å². The zero-order chi connectivity index (χ0) is 23.9. The molecule has 6 heteroatoms. The lowest BCUT2D eigenvalue weighted by Gasteiger charge is -2.15. The zero-order valence-corrected chi connectivity index (χ0v) is 19.4. The van der Waals surface area contributed by atoms with Crippen molar-refractivity contribution in [1.29, 1.82) is 0 Å². The van der Waals surface area contributed by atoms with Crippen LogP contribution >= 0.6 is 0 Å². The summed E-state index contributed by atoms with van der Waals surface area (Å²) in [6.45, 7) is 6.25. The van der Waals surface area contributed by atoms with Gasteiger partial charge in [0.05, 0.1) is 12.1 Å². The maximum Gasteiger partial charge on any atom is 0.348 e. The second-order valence-electron chi connectivity index (χ2n) is 8.87. The van der Waals surface area contributed by atoms with Gasteiger partial charge in [0.2, 0.25) is 5.60 Å². The van der Waals surface area contributed by atoms with E-state index in [9.17, 15) is 9.59 Å². The number of esters is 1. The van der Waals surface area contributed by atoms with Gasteiger partial charge in [-0.15, -0.1) is 0 Å². The molecule has 0 spiro atoms. The topological polar surface area (TPSA) is 81.1 Å². The third-order valence-electron chi connectivity index (χ3n) is 6.32. The van der Waals surface area contributed by atoms with Crippen LogP contribution < -0.4 is 0 Å². The fourth-order valence-corrected chi connectivity index (χ4v) is 4.52. The van der Waals surface area contributed by atoms with Crippen LogP contribution in [0.5, 0.6) is 0 Å². The Labute approximate surface area is 198 Å². The number of carbonyl (C=O) groups is 2. The van der Waals surface area contributed by atoms with Crippen LogP contribution in [-0.4, -0.2) is 34.7 Å². The second-order valence-corrected chi connectivity index (χ2v) is 8.87. The highest BCUT2D eigenvalue weighted by Crippen LogP contribution is 2.53. The van der Waals surface area contributed by atoms with E-state index in [1.807, 2.05) is 30.3 Å². The van der Waals surface area contributed by atoms with Crippen LogP contribution in [0.3, 0.4) is 0 Å². The highest BCUT2D eigenvalue weighted by molar-refractivity contribution is 6.48. The number of aliphatic imine (C=N–C) groups is 1. The molecule has 0 radical (unpaired) electrons. The van der Waals surface area contributed by atoms with Crippen molar-refractivity contribution < 1.29 is 19.1 Å². The number of Topliss-reactive ketones (excluding diaryl/α,β-unsaturated/α-hetero) is 1. The van der Waals surface area contributed by atoms with Crippen LogP contribution in [0.1, 0.15) is 50.3 Å². The molecule has 2 atom stereocenters. The maximum absolute atomic E-state index is 13.0. The van der Waals surface area contributed by atoms with E-state index in [-0.39, 0.29) is 24.5 Å². The van der Waals surface area contributed by atoms with Crippen LogP contribution in [0.4, 0.5) is 0 Å². The van der Waals surface area contributed by atoms with Crippen molar-refractivity contribution in [1.82, 2.24) is 4.98 Å². The van der Waals surface area contributed by atoms with E-state index in [1.54, 1.807) is 25.4 Å². The first-order valence-electron chi connectivity index (χ1n) is 11.6. The number of hydrogen-bond donors (Lipinski definition) is 0. The molecule has 0 N–H and O–H groups in total. The van der Waals surface area contributed by atoms with Gasteiger partial charge < -0.3 is 9.47 Å². The molecular weight excluding hydrogens is 428 g/mol. The van der Waals surface area contributed by atoms with E-state index >= 15 is 0 Å². The summed E-state index contributed by atoms with van der Waals surface area (Å²) in [5, 5.41) is 1.08. The molecule has 5 rings (SSSR count). The summed E-state index contributed by atoms with van der Waals surface area (Å²) in [6.07, 6.45) is 4.55. The van der Waals surface area contributed by atoms with Gasteiger partial charge in [-0.05, 0) is 53.8 Å². The number of nitrogens with zero attached hydrogens (tertiary/aromatic N) is 2. The summed E-state index contributed by atoms with van der Waals surface area (Å²) in [4.78, 5) is 34.5. The number of ether oxygens (including phenoxy) is 2. The molecule has 3 aromatic rings. The Morgan fingerprint density at radius 2 is 2.06 bits per heavy atom. The molecule has 2 aliphatic heterocycles. The minimum absolute atomic E-state index is 0.109. The molecule has 1 saturated heterocycles. The Bertz CT molecular complexity index is 1360. The minimum Gasteiger partial charge on any atom is -0.463 e. The summed E-state index contributed by atoms with van der Waals surface area (Å²) in [7, 11) is 0. The Kier molecular flexibility index (Phi) is 5.62. The fourth-order valence-electron chi connectivity index (χ4n) is 4.52. The van der Waals surface area contributed by atoms with Gasteiger partial charge in [-0.25, -0.2) is 4.79 Å². The van der Waals surface area contributed by atoms with Crippen LogP contribution in [-0.2, 0) is 19.1 Å². The monoisotopic (exact) mass is 454 g/mol. The fraction of sp³-hybridized carbons (Fsp3) is 0.286. The number of allylic oxidation sites excluding steroid dienone is 1. The van der Waals surface area contributed by atoms with Gasteiger partial charge in [-0.3, -0.25) is 14.8 Å². The van der Waals surface area contributed by atoms with Gasteiger partial charge in [0, 0.05) is 29.8 Å². The second kappa shape index (κ2) is 8.61. The molecule has 1 fully saturated rings. The predicted molar refractivity (Wildman–Crippen MR) is 131 cm³/mol. The van der Waals surface area contributed by atoms with Crippen molar-refractivity contribution in [3.8, 4) is 11.1 Å². The Hall–Kier alpha value is -3.64. The number of carbonyl (C=O) groups excluding carboxylic acids is 2. The van der Waals surface area contributed by atoms with Crippen LogP contribution in [0.2, 0.25) is 0 Å². The largest absolute Gasteiger partial charge is 0.463 e. The number of ketones is 1. The Morgan fingerprint density at radius 3 is 2.82 bits per heavy atom. The molecular formula is C28H26N2O4. The van der Waals surface area contributed by atoms with Crippen molar-refractivity contribution >= 4 is 28.4 Å². The predicted octanol–water partition coefficient (Wildman–Crippen LogP) is 5.33. The summed E-state index contributed by atoms with van der Waals surface area (Å²) < 4.78 is 11.3. The van der Waals surface area contributed by atoms with Crippen molar-refractivity contribution in [2.24, 2.45) is 4.99 Å². The van der Waals surface area contributed by atoms with E-state index < -0.39 is 17.7 Å². The Morgan fingerprint density at radius 1 is 1.21 bits per heavy atom. The highest BCUT2D eigenvalue weighted by atomic mass is 16.7. The van der Waals surface area contributed by atoms with Gasteiger partial charge in [-0.2, -0.15) is 0 Å². The highest BCUT2D eigenvalue weighted by Gasteiger charge is 2.69. The van der Waals surface area contributed by atoms with E-state index in [1.165, 1.54) is 5.56 Å². The van der Waals surface area contributed by atoms with Gasteiger partial charge in [0.25, 0.3) is 0 Å². The summed E-state index contributed by atoms with van der Waals surface area (Å²) >= 11 is 0.